The molecule has 198 valence electrons. The number of nitrogens with zero attached hydrogens (tertiary/aromatic N) is 5. The first-order valence-corrected chi connectivity index (χ1v) is 13.3. The average molecular weight is 546 g/mol. The molecule has 11 heteroatoms. The number of aromatic nitrogens is 5. The third kappa shape index (κ3) is 4.06. The van der Waals surface area contributed by atoms with E-state index in [2.05, 4.69) is 31.6 Å². The van der Waals surface area contributed by atoms with Crippen LogP contribution in [-0.2, 0) is 0 Å². The van der Waals surface area contributed by atoms with Gasteiger partial charge in [-0.2, -0.15) is 5.10 Å². The lowest BCUT2D eigenvalue weighted by molar-refractivity contribution is 0.0946. The van der Waals surface area contributed by atoms with E-state index in [-0.39, 0.29) is 10.6 Å². The molecule has 2 fully saturated rings. The van der Waals surface area contributed by atoms with Crippen LogP contribution in [0.25, 0.3) is 27.7 Å². The molecule has 1 amide bonds. The maximum absolute atomic E-state index is 14.0. The van der Waals surface area contributed by atoms with Crippen LogP contribution in [0.1, 0.15) is 17.3 Å². The van der Waals surface area contributed by atoms with Crippen molar-refractivity contribution in [3.05, 3.63) is 71.4 Å². The summed E-state index contributed by atoms with van der Waals surface area (Å²) in [6.07, 6.45) is 5.54. The second-order valence-electron chi connectivity index (χ2n) is 10.1. The number of anilines is 1. The number of carbonyl (C=O) groups is 1. The van der Waals surface area contributed by atoms with Crippen LogP contribution in [0.15, 0.2) is 55.0 Å². The molecule has 3 atom stereocenters. The van der Waals surface area contributed by atoms with Crippen molar-refractivity contribution in [2.24, 2.45) is 17.8 Å². The fraction of sp³-hybridized carbons (Fsp3) is 0.286. The summed E-state index contributed by atoms with van der Waals surface area (Å²) in [6, 6.07) is 10.4. The van der Waals surface area contributed by atoms with Crippen LogP contribution in [-0.4, -0.2) is 56.9 Å². The number of rotatable bonds is 7. The Hall–Kier alpha value is -4.18. The Morgan fingerprint density at radius 2 is 2.08 bits per heavy atom. The number of H-pyrrole nitrogens is 1. The molecule has 2 aliphatic rings. The molecule has 0 radical (unpaired) electrons. The molecule has 5 heterocycles. The number of carbonyl (C=O) groups excluding carboxylic acids is 1. The Labute approximate surface area is 227 Å². The minimum absolute atomic E-state index is 0.0932. The number of halogens is 2. The highest BCUT2D eigenvalue weighted by Gasteiger charge is 2.55. The SMILES string of the molecule is CCOc1cc(-c2ccc(N3C[C@@H]4[C@H](CNC(=O)c5c(F)cccc5Cl)[C@@H]4C3)nc2)c2c3cn[nH]c3nn2c1. The smallest absolute Gasteiger partial charge is 0.255 e. The van der Waals surface area contributed by atoms with Crippen molar-refractivity contribution >= 4 is 39.9 Å². The Bertz CT molecular complexity index is 1680. The van der Waals surface area contributed by atoms with Gasteiger partial charge in [-0.05, 0) is 55.0 Å². The van der Waals surface area contributed by atoms with Gasteiger partial charge in [0, 0.05) is 37.0 Å². The van der Waals surface area contributed by atoms with Gasteiger partial charge >= 0.3 is 0 Å². The van der Waals surface area contributed by atoms with Crippen molar-refractivity contribution in [3.8, 4) is 16.9 Å². The van der Waals surface area contributed by atoms with Gasteiger partial charge in [0.15, 0.2) is 5.65 Å². The number of hydrogen-bond acceptors (Lipinski definition) is 6. The molecule has 1 aliphatic carbocycles. The van der Waals surface area contributed by atoms with Crippen molar-refractivity contribution in [1.29, 1.82) is 0 Å². The lowest BCUT2D eigenvalue weighted by Gasteiger charge is -2.21. The van der Waals surface area contributed by atoms with Crippen LogP contribution in [0, 0.1) is 23.6 Å². The summed E-state index contributed by atoms with van der Waals surface area (Å²) in [6.45, 7) is 4.77. The number of aromatic amines is 1. The number of fused-ring (bicyclic) bond motifs is 4. The predicted octanol–water partition coefficient (Wildman–Crippen LogP) is 4.58. The zero-order valence-electron chi connectivity index (χ0n) is 21.1. The highest BCUT2D eigenvalue weighted by atomic mass is 35.5. The first-order valence-electron chi connectivity index (χ1n) is 12.9. The van der Waals surface area contributed by atoms with Gasteiger partial charge in [0.25, 0.3) is 5.91 Å². The molecule has 9 nitrogen and oxygen atoms in total. The molecular formula is C28H25ClFN7O2. The number of piperidine rings is 1. The normalized spacial score (nSPS) is 20.0. The highest BCUT2D eigenvalue weighted by molar-refractivity contribution is 6.33. The summed E-state index contributed by atoms with van der Waals surface area (Å²) in [5.74, 6) is 1.92. The number of benzene rings is 1. The van der Waals surface area contributed by atoms with Crippen LogP contribution in [0.3, 0.4) is 0 Å². The van der Waals surface area contributed by atoms with Crippen molar-refractivity contribution in [3.63, 3.8) is 0 Å². The highest BCUT2D eigenvalue weighted by Crippen LogP contribution is 2.52. The third-order valence-electron chi connectivity index (χ3n) is 7.86. The molecular weight excluding hydrogens is 521 g/mol. The number of nitrogens with one attached hydrogen (secondary N) is 2. The van der Waals surface area contributed by atoms with Crippen molar-refractivity contribution in [2.75, 3.05) is 31.1 Å². The number of ether oxygens (including phenoxy) is 1. The van der Waals surface area contributed by atoms with Gasteiger partial charge in [0.05, 0.1) is 40.5 Å². The molecule has 1 aromatic carbocycles. The molecule has 7 rings (SSSR count). The van der Waals surface area contributed by atoms with Crippen molar-refractivity contribution < 1.29 is 13.9 Å². The van der Waals surface area contributed by atoms with Gasteiger partial charge in [-0.1, -0.05) is 17.7 Å². The largest absolute Gasteiger partial charge is 0.492 e. The molecule has 4 aromatic heterocycles. The van der Waals surface area contributed by atoms with E-state index in [9.17, 15) is 9.18 Å². The monoisotopic (exact) mass is 545 g/mol. The van der Waals surface area contributed by atoms with E-state index >= 15 is 0 Å². The second-order valence-corrected chi connectivity index (χ2v) is 10.5. The molecule has 1 saturated heterocycles. The summed E-state index contributed by atoms with van der Waals surface area (Å²) >= 11 is 6.02. The fourth-order valence-corrected chi connectivity index (χ4v) is 6.14. The number of hydrogen-bond donors (Lipinski definition) is 2. The lowest BCUT2D eigenvalue weighted by atomic mass is 10.1. The minimum atomic E-state index is -0.607. The van der Waals surface area contributed by atoms with Crippen LogP contribution in [0.2, 0.25) is 5.02 Å². The Morgan fingerprint density at radius 1 is 1.23 bits per heavy atom. The van der Waals surface area contributed by atoms with Gasteiger partial charge in [-0.15, -0.1) is 5.10 Å². The van der Waals surface area contributed by atoms with E-state index in [4.69, 9.17) is 21.3 Å². The lowest BCUT2D eigenvalue weighted by Crippen LogP contribution is -2.31. The van der Waals surface area contributed by atoms with E-state index in [1.54, 1.807) is 6.20 Å². The third-order valence-corrected chi connectivity index (χ3v) is 8.17. The number of pyridine rings is 2. The molecule has 1 saturated carbocycles. The zero-order chi connectivity index (χ0) is 26.7. The number of amides is 1. The molecule has 0 unspecified atom stereocenters. The summed E-state index contributed by atoms with van der Waals surface area (Å²) < 4.78 is 21.7. The zero-order valence-corrected chi connectivity index (χ0v) is 21.8. The molecule has 5 aromatic rings. The average Bonchev–Trinajstić information content (AvgIpc) is 3.32. The molecule has 0 bridgehead atoms. The van der Waals surface area contributed by atoms with Gasteiger partial charge in [0.1, 0.15) is 17.4 Å². The van der Waals surface area contributed by atoms with E-state index in [0.29, 0.717) is 36.6 Å². The minimum Gasteiger partial charge on any atom is -0.492 e. The van der Waals surface area contributed by atoms with Gasteiger partial charge in [-0.3, -0.25) is 9.89 Å². The van der Waals surface area contributed by atoms with Crippen molar-refractivity contribution in [1.82, 2.24) is 30.1 Å². The van der Waals surface area contributed by atoms with Crippen LogP contribution in [0.4, 0.5) is 10.2 Å². The van der Waals surface area contributed by atoms with Crippen LogP contribution >= 0.6 is 11.6 Å². The Morgan fingerprint density at radius 3 is 2.82 bits per heavy atom. The van der Waals surface area contributed by atoms with E-state index < -0.39 is 11.7 Å². The topological polar surface area (TPSA) is 100 Å². The Kier molecular flexibility index (Phi) is 5.66. The van der Waals surface area contributed by atoms with E-state index in [1.165, 1.54) is 18.2 Å². The van der Waals surface area contributed by atoms with Crippen LogP contribution < -0.4 is 15.0 Å². The summed E-state index contributed by atoms with van der Waals surface area (Å²) in [5.41, 5.74) is 3.50. The maximum atomic E-state index is 14.0. The second kappa shape index (κ2) is 9.23. The van der Waals surface area contributed by atoms with E-state index in [0.717, 1.165) is 46.7 Å². The molecule has 2 N–H and O–H groups in total. The summed E-state index contributed by atoms with van der Waals surface area (Å²) in [5, 5.41) is 15.6. The van der Waals surface area contributed by atoms with Gasteiger partial charge in [-0.25, -0.2) is 13.9 Å². The molecule has 39 heavy (non-hydrogen) atoms. The fourth-order valence-electron chi connectivity index (χ4n) is 5.89. The summed E-state index contributed by atoms with van der Waals surface area (Å²) in [7, 11) is 0. The van der Waals surface area contributed by atoms with Crippen molar-refractivity contribution in [2.45, 2.75) is 6.92 Å². The maximum Gasteiger partial charge on any atom is 0.255 e. The predicted molar refractivity (Wildman–Crippen MR) is 146 cm³/mol. The van der Waals surface area contributed by atoms with Gasteiger partial charge in [0.2, 0.25) is 0 Å². The van der Waals surface area contributed by atoms with Gasteiger partial charge < -0.3 is 15.0 Å². The molecule has 0 spiro atoms. The molecule has 1 aliphatic heterocycles. The summed E-state index contributed by atoms with van der Waals surface area (Å²) in [4.78, 5) is 19.6. The van der Waals surface area contributed by atoms with E-state index in [1.807, 2.05) is 36.0 Å². The standard InChI is InChI=1S/C28H25ClFN7O2/c1-2-39-16-8-17(26-19-11-33-34-27(19)35-37(26)12-16)15-6-7-24(31-9-15)36-13-20-18(21(20)14-36)10-32-28(38)25-22(29)4-3-5-23(25)30/h3-9,11-12,18,20-21H,2,10,13-14H2,1H3,(H,32,38)(H,34,35)/t18-,20+,21-. The van der Waals surface area contributed by atoms with Crippen LogP contribution in [0.5, 0.6) is 5.75 Å². The first-order chi connectivity index (χ1) is 19.0. The Balaban J connectivity index is 1.04. The quantitative estimate of drug-likeness (QED) is 0.311. The first kappa shape index (κ1) is 23.9.